The lowest BCUT2D eigenvalue weighted by Gasteiger charge is -2.11. The molecule has 0 saturated heterocycles. The van der Waals surface area contributed by atoms with Gasteiger partial charge < -0.3 is 5.73 Å². The topological polar surface area (TPSA) is 69.6 Å². The van der Waals surface area contributed by atoms with Crippen molar-refractivity contribution in [3.63, 3.8) is 0 Å². The van der Waals surface area contributed by atoms with Gasteiger partial charge in [-0.2, -0.15) is 26.3 Å². The van der Waals surface area contributed by atoms with E-state index in [4.69, 9.17) is 40.5 Å². The summed E-state index contributed by atoms with van der Waals surface area (Å²) in [6.45, 7) is 0. The van der Waals surface area contributed by atoms with E-state index in [9.17, 15) is 26.3 Å². The molecule has 3 aromatic rings. The van der Waals surface area contributed by atoms with Crippen LogP contribution in [0.3, 0.4) is 0 Å². The van der Waals surface area contributed by atoms with Crippen LogP contribution in [0.1, 0.15) is 11.5 Å². The predicted molar refractivity (Wildman–Crippen MR) is 86.1 cm³/mol. The number of fused-ring (bicyclic) bond motifs is 1. The maximum absolute atomic E-state index is 13.3. The van der Waals surface area contributed by atoms with E-state index in [0.29, 0.717) is 4.68 Å². The number of alkyl halides is 6. The minimum atomic E-state index is -5.25. The largest absolute Gasteiger partial charge is 0.451 e. The zero-order valence-corrected chi connectivity index (χ0v) is 14.7. The number of hydrogen-bond donors (Lipinski definition) is 1. The summed E-state index contributed by atoms with van der Waals surface area (Å²) < 4.78 is 79.1. The molecular formula is C13H4Cl3F6N5. The first-order valence-corrected chi connectivity index (χ1v) is 7.79. The van der Waals surface area contributed by atoms with E-state index in [-0.39, 0.29) is 20.8 Å². The second-order valence-corrected chi connectivity index (χ2v) is 6.36. The summed E-state index contributed by atoms with van der Waals surface area (Å²) in [6, 6.07) is 2.40. The van der Waals surface area contributed by atoms with Gasteiger partial charge in [-0.25, -0.2) is 14.6 Å². The van der Waals surface area contributed by atoms with Crippen molar-refractivity contribution in [2.24, 2.45) is 0 Å². The summed E-state index contributed by atoms with van der Waals surface area (Å²) in [7, 11) is 0. The maximum Gasteiger partial charge on any atom is 0.451 e. The average molecular weight is 451 g/mol. The Balaban J connectivity index is 2.42. The molecule has 0 aliphatic rings. The van der Waals surface area contributed by atoms with E-state index in [1.54, 1.807) is 0 Å². The molecule has 2 N–H and O–H groups in total. The molecule has 0 radical (unpaired) electrons. The van der Waals surface area contributed by atoms with Gasteiger partial charge in [0, 0.05) is 5.02 Å². The highest BCUT2D eigenvalue weighted by Crippen LogP contribution is 2.40. The van der Waals surface area contributed by atoms with Crippen LogP contribution in [0.5, 0.6) is 0 Å². The van der Waals surface area contributed by atoms with Gasteiger partial charge in [-0.3, -0.25) is 0 Å². The van der Waals surface area contributed by atoms with Gasteiger partial charge >= 0.3 is 12.4 Å². The van der Waals surface area contributed by atoms with Crippen LogP contribution in [0.4, 0.5) is 32.2 Å². The SMILES string of the molecule is Nc1c2c(C(F)(F)F)nc(C(F)(F)F)nc2nn1-c1c(Cl)cc(Cl)cc1Cl. The Bertz CT molecular complexity index is 1040. The normalized spacial score (nSPS) is 12.8. The molecule has 0 fully saturated rings. The fourth-order valence-corrected chi connectivity index (χ4v) is 3.23. The fraction of sp³-hybridized carbons (Fsp3) is 0.154. The summed E-state index contributed by atoms with van der Waals surface area (Å²) in [5.74, 6) is -2.71. The fourth-order valence-electron chi connectivity index (χ4n) is 2.25. The zero-order chi connectivity index (χ0) is 20.3. The van der Waals surface area contributed by atoms with Gasteiger partial charge in [0.1, 0.15) is 11.5 Å². The molecule has 0 saturated carbocycles. The Hall–Kier alpha value is -1.98. The van der Waals surface area contributed by atoms with Crippen LogP contribution in [-0.4, -0.2) is 19.7 Å². The van der Waals surface area contributed by atoms with Crippen LogP contribution in [0, 0.1) is 0 Å². The maximum atomic E-state index is 13.3. The Morgan fingerprint density at radius 2 is 1.44 bits per heavy atom. The Morgan fingerprint density at radius 3 is 1.93 bits per heavy atom. The van der Waals surface area contributed by atoms with Crippen LogP contribution >= 0.6 is 34.8 Å². The van der Waals surface area contributed by atoms with Gasteiger partial charge in [0.05, 0.1) is 15.4 Å². The van der Waals surface area contributed by atoms with Gasteiger partial charge in [-0.15, -0.1) is 5.10 Å². The Labute approximate surface area is 160 Å². The number of hydrogen-bond acceptors (Lipinski definition) is 4. The number of aromatic nitrogens is 4. The number of anilines is 1. The zero-order valence-electron chi connectivity index (χ0n) is 12.4. The highest BCUT2D eigenvalue weighted by atomic mass is 35.5. The van der Waals surface area contributed by atoms with E-state index < -0.39 is 40.7 Å². The van der Waals surface area contributed by atoms with Gasteiger partial charge in [0.15, 0.2) is 11.3 Å². The summed E-state index contributed by atoms with van der Waals surface area (Å²) >= 11 is 17.7. The second-order valence-electron chi connectivity index (χ2n) is 5.11. The molecule has 0 spiro atoms. The van der Waals surface area contributed by atoms with Crippen molar-refractivity contribution in [2.75, 3.05) is 5.73 Å². The minimum Gasteiger partial charge on any atom is -0.383 e. The van der Waals surface area contributed by atoms with E-state index >= 15 is 0 Å². The number of benzene rings is 1. The molecule has 2 heterocycles. The minimum absolute atomic E-state index is 0.110. The lowest BCUT2D eigenvalue weighted by Crippen LogP contribution is -2.17. The van der Waals surface area contributed by atoms with Crippen molar-refractivity contribution < 1.29 is 26.3 Å². The highest BCUT2D eigenvalue weighted by molar-refractivity contribution is 6.40. The molecule has 0 unspecified atom stereocenters. The molecule has 3 rings (SSSR count). The standard InChI is InChI=1S/C13H4Cl3F6N5/c14-3-1-4(15)7(5(16)2-3)27-9(23)6-8(12(17,18)19)24-11(13(20,21)22)25-10(6)26-27/h1-2H,23H2. The summed E-state index contributed by atoms with van der Waals surface area (Å²) in [4.78, 5) is 5.63. The monoisotopic (exact) mass is 449 g/mol. The second kappa shape index (κ2) is 6.28. The van der Waals surface area contributed by atoms with Crippen LogP contribution in [0.2, 0.25) is 15.1 Å². The van der Waals surface area contributed by atoms with Crippen LogP contribution in [0.25, 0.3) is 16.7 Å². The van der Waals surface area contributed by atoms with Crippen molar-refractivity contribution in [1.29, 1.82) is 0 Å². The van der Waals surface area contributed by atoms with Crippen molar-refractivity contribution >= 4 is 51.7 Å². The van der Waals surface area contributed by atoms with Crippen molar-refractivity contribution in [3.05, 3.63) is 38.7 Å². The van der Waals surface area contributed by atoms with Crippen LogP contribution < -0.4 is 5.73 Å². The first-order valence-electron chi connectivity index (χ1n) is 6.66. The molecule has 144 valence electrons. The van der Waals surface area contributed by atoms with Crippen molar-refractivity contribution in [1.82, 2.24) is 19.7 Å². The average Bonchev–Trinajstić information content (AvgIpc) is 2.80. The third kappa shape index (κ3) is 3.46. The molecule has 0 aliphatic heterocycles. The molecule has 2 aromatic heterocycles. The smallest absolute Gasteiger partial charge is 0.383 e. The first-order chi connectivity index (χ1) is 12.3. The molecule has 0 bridgehead atoms. The molecule has 0 amide bonds. The highest BCUT2D eigenvalue weighted by Gasteiger charge is 2.43. The van der Waals surface area contributed by atoms with Crippen molar-refractivity contribution in [2.45, 2.75) is 12.4 Å². The van der Waals surface area contributed by atoms with E-state index in [1.165, 1.54) is 12.1 Å². The third-order valence-electron chi connectivity index (χ3n) is 3.28. The molecule has 0 aliphatic carbocycles. The Kier molecular flexibility index (Phi) is 4.60. The van der Waals surface area contributed by atoms with Crippen molar-refractivity contribution in [3.8, 4) is 5.69 Å². The van der Waals surface area contributed by atoms with E-state index in [0.717, 1.165) is 0 Å². The van der Waals surface area contributed by atoms with Gasteiger partial charge in [0.25, 0.3) is 0 Å². The Morgan fingerprint density at radius 1 is 0.889 bits per heavy atom. The molecule has 14 heteroatoms. The number of nitrogens with two attached hydrogens (primary N) is 1. The first kappa shape index (κ1) is 19.8. The molecule has 0 atom stereocenters. The van der Waals surface area contributed by atoms with Gasteiger partial charge in [0.2, 0.25) is 5.82 Å². The third-order valence-corrected chi connectivity index (χ3v) is 4.08. The number of nitrogens with zero attached hydrogens (tertiary/aromatic N) is 4. The molecule has 1 aromatic carbocycles. The summed E-state index contributed by atoms with van der Waals surface area (Å²) in [5, 5.41) is 2.51. The van der Waals surface area contributed by atoms with Crippen LogP contribution in [0.15, 0.2) is 12.1 Å². The van der Waals surface area contributed by atoms with Gasteiger partial charge in [-0.05, 0) is 12.1 Å². The number of rotatable bonds is 1. The molecule has 27 heavy (non-hydrogen) atoms. The van der Waals surface area contributed by atoms with E-state index in [2.05, 4.69) is 15.1 Å². The van der Waals surface area contributed by atoms with Crippen LogP contribution in [-0.2, 0) is 12.4 Å². The summed E-state index contributed by atoms with van der Waals surface area (Å²) in [5.41, 5.74) is 2.70. The van der Waals surface area contributed by atoms with E-state index in [1.807, 2.05) is 0 Å². The molecule has 5 nitrogen and oxygen atoms in total. The lowest BCUT2D eigenvalue weighted by atomic mass is 10.2. The number of nitrogen functional groups attached to an aromatic ring is 1. The quantitative estimate of drug-likeness (QED) is 0.504. The van der Waals surface area contributed by atoms with Gasteiger partial charge in [-0.1, -0.05) is 34.8 Å². The summed E-state index contributed by atoms with van der Waals surface area (Å²) in [6.07, 6.45) is -10.5. The predicted octanol–water partition coefficient (Wildman–Crippen LogP) is 5.40. The lowest BCUT2D eigenvalue weighted by molar-refractivity contribution is -0.151. The number of halogens is 9. The molecular weight excluding hydrogens is 447 g/mol.